The lowest BCUT2D eigenvalue weighted by Gasteiger charge is -2.28. The molecule has 0 bridgehead atoms. The molecule has 3 aromatic carbocycles. The number of anilines is 1. The van der Waals surface area contributed by atoms with Gasteiger partial charge in [0.25, 0.3) is 11.5 Å². The number of benzene rings is 3. The average molecular weight is 559 g/mol. The number of aryl methyl sites for hydroxylation is 2. The molecule has 0 fully saturated rings. The first-order chi connectivity index (χ1) is 19.5. The first-order valence-corrected chi connectivity index (χ1v) is 12.9. The van der Waals surface area contributed by atoms with E-state index in [1.807, 2.05) is 24.1 Å². The van der Waals surface area contributed by atoms with E-state index in [0.29, 0.717) is 28.0 Å². The van der Waals surface area contributed by atoms with Gasteiger partial charge in [0.1, 0.15) is 11.6 Å². The second kappa shape index (κ2) is 10.8. The standard InChI is InChI=1S/C30H27FN4O6/c1-15-32-24-12-18-7-10-25(21(18)14-22(24)29(39)33-15)35(2)19-8-9-20(23(31)13-19)28(38)34-27(30(40)41)17-5-3-16(4-6-17)11-26(36)37/h3-6,8-9,12-14,25,27H,7,10-11H2,1-2H3,(H,34,38)(H,36,37)(H,40,41)(H,32,33,39)/t25?,27-/m0/s1. The van der Waals surface area contributed by atoms with Crippen LogP contribution in [0.15, 0.2) is 59.4 Å². The summed E-state index contributed by atoms with van der Waals surface area (Å²) in [6.45, 7) is 1.73. The highest BCUT2D eigenvalue weighted by Crippen LogP contribution is 2.39. The van der Waals surface area contributed by atoms with Crippen molar-refractivity contribution in [1.29, 1.82) is 0 Å². The van der Waals surface area contributed by atoms with Crippen molar-refractivity contribution in [2.45, 2.75) is 38.3 Å². The summed E-state index contributed by atoms with van der Waals surface area (Å²) in [5.74, 6) is -3.56. The van der Waals surface area contributed by atoms with Gasteiger partial charge in [-0.1, -0.05) is 24.3 Å². The van der Waals surface area contributed by atoms with E-state index >= 15 is 4.39 Å². The zero-order chi connectivity index (χ0) is 29.4. The molecule has 0 saturated heterocycles. The molecule has 41 heavy (non-hydrogen) atoms. The van der Waals surface area contributed by atoms with Crippen molar-refractivity contribution >= 4 is 34.4 Å². The predicted octanol–water partition coefficient (Wildman–Crippen LogP) is 3.68. The van der Waals surface area contributed by atoms with E-state index in [0.717, 1.165) is 24.0 Å². The van der Waals surface area contributed by atoms with Gasteiger partial charge in [-0.25, -0.2) is 14.2 Å². The largest absolute Gasteiger partial charge is 0.481 e. The Labute approximate surface area is 233 Å². The summed E-state index contributed by atoms with van der Waals surface area (Å²) in [6, 6.07) is 12.0. The van der Waals surface area contributed by atoms with Gasteiger partial charge in [-0.2, -0.15) is 0 Å². The molecule has 4 N–H and O–H groups in total. The van der Waals surface area contributed by atoms with E-state index in [-0.39, 0.29) is 29.1 Å². The lowest BCUT2D eigenvalue weighted by Crippen LogP contribution is -2.34. The number of H-pyrrole nitrogens is 1. The number of carbonyl (C=O) groups excluding carboxylic acids is 1. The molecule has 0 spiro atoms. The molecule has 0 saturated carbocycles. The summed E-state index contributed by atoms with van der Waals surface area (Å²) in [5.41, 5.74) is 3.31. The lowest BCUT2D eigenvalue weighted by molar-refractivity contribution is -0.139. The number of amides is 1. The van der Waals surface area contributed by atoms with Gasteiger partial charge < -0.3 is 25.4 Å². The summed E-state index contributed by atoms with van der Waals surface area (Å²) in [7, 11) is 1.81. The molecular formula is C30H27FN4O6. The molecule has 1 unspecified atom stereocenters. The van der Waals surface area contributed by atoms with Gasteiger partial charge >= 0.3 is 11.9 Å². The molecule has 0 radical (unpaired) electrons. The lowest BCUT2D eigenvalue weighted by atomic mass is 10.0. The van der Waals surface area contributed by atoms with Crippen molar-refractivity contribution < 1.29 is 29.0 Å². The number of aromatic nitrogens is 2. The van der Waals surface area contributed by atoms with Crippen molar-refractivity contribution in [2.75, 3.05) is 11.9 Å². The zero-order valence-corrected chi connectivity index (χ0v) is 22.3. The first kappa shape index (κ1) is 27.5. The van der Waals surface area contributed by atoms with Crippen LogP contribution < -0.4 is 15.8 Å². The number of fused-ring (bicyclic) bond motifs is 2. The van der Waals surface area contributed by atoms with Crippen LogP contribution >= 0.6 is 0 Å². The van der Waals surface area contributed by atoms with Crippen molar-refractivity contribution in [3.05, 3.63) is 104 Å². The number of hydrogen-bond donors (Lipinski definition) is 4. The van der Waals surface area contributed by atoms with E-state index in [2.05, 4.69) is 15.3 Å². The number of nitrogens with one attached hydrogen (secondary N) is 2. The Bertz CT molecular complexity index is 1750. The summed E-state index contributed by atoms with van der Waals surface area (Å²) < 4.78 is 15.2. The van der Waals surface area contributed by atoms with Crippen molar-refractivity contribution in [1.82, 2.24) is 15.3 Å². The third-order valence-electron chi connectivity index (χ3n) is 7.39. The van der Waals surface area contributed by atoms with Gasteiger partial charge in [0.05, 0.1) is 28.9 Å². The number of aromatic amines is 1. The van der Waals surface area contributed by atoms with Crippen LogP contribution in [-0.2, 0) is 22.4 Å². The Morgan fingerprint density at radius 3 is 2.51 bits per heavy atom. The fourth-order valence-electron chi connectivity index (χ4n) is 5.33. The highest BCUT2D eigenvalue weighted by Gasteiger charge is 2.29. The van der Waals surface area contributed by atoms with E-state index in [4.69, 9.17) is 5.11 Å². The number of halogens is 1. The maximum absolute atomic E-state index is 15.2. The number of aliphatic carboxylic acids is 2. The van der Waals surface area contributed by atoms with E-state index in [1.165, 1.54) is 36.4 Å². The minimum absolute atomic E-state index is 0.130. The highest BCUT2D eigenvalue weighted by atomic mass is 19.1. The molecule has 210 valence electrons. The maximum Gasteiger partial charge on any atom is 0.330 e. The summed E-state index contributed by atoms with van der Waals surface area (Å²) >= 11 is 0. The molecule has 1 aliphatic carbocycles. The van der Waals surface area contributed by atoms with Gasteiger partial charge in [0, 0.05) is 12.7 Å². The molecule has 1 aliphatic rings. The summed E-state index contributed by atoms with van der Waals surface area (Å²) in [6.07, 6.45) is 1.29. The fourth-order valence-corrected chi connectivity index (χ4v) is 5.33. The van der Waals surface area contributed by atoms with Gasteiger partial charge in [-0.15, -0.1) is 0 Å². The zero-order valence-electron chi connectivity index (χ0n) is 22.3. The Hall–Kier alpha value is -5.06. The van der Waals surface area contributed by atoms with Crippen molar-refractivity contribution in [3.8, 4) is 0 Å². The Morgan fingerprint density at radius 2 is 1.85 bits per heavy atom. The van der Waals surface area contributed by atoms with Crippen LogP contribution in [0.2, 0.25) is 0 Å². The topological polar surface area (TPSA) is 153 Å². The summed E-state index contributed by atoms with van der Waals surface area (Å²) in [5, 5.41) is 21.4. The van der Waals surface area contributed by atoms with Crippen LogP contribution in [0.1, 0.15) is 56.9 Å². The number of rotatable bonds is 8. The highest BCUT2D eigenvalue weighted by molar-refractivity contribution is 5.97. The number of carboxylic acids is 2. The van der Waals surface area contributed by atoms with Crippen LogP contribution in [0.3, 0.4) is 0 Å². The van der Waals surface area contributed by atoms with Crippen LogP contribution in [0.5, 0.6) is 0 Å². The fraction of sp³-hybridized carbons (Fsp3) is 0.233. The molecule has 11 heteroatoms. The Morgan fingerprint density at radius 1 is 1.12 bits per heavy atom. The van der Waals surface area contributed by atoms with Crippen molar-refractivity contribution in [2.24, 2.45) is 0 Å². The molecule has 5 rings (SSSR count). The molecule has 0 aliphatic heterocycles. The minimum Gasteiger partial charge on any atom is -0.481 e. The molecule has 1 heterocycles. The predicted molar refractivity (Wildman–Crippen MR) is 149 cm³/mol. The van der Waals surface area contributed by atoms with Crippen LogP contribution in [0.4, 0.5) is 10.1 Å². The molecular weight excluding hydrogens is 531 g/mol. The minimum atomic E-state index is -1.46. The third kappa shape index (κ3) is 5.51. The van der Waals surface area contributed by atoms with Gasteiger partial charge in [-0.3, -0.25) is 14.4 Å². The van der Waals surface area contributed by atoms with Gasteiger partial charge in [0.15, 0.2) is 6.04 Å². The Balaban J connectivity index is 1.35. The van der Waals surface area contributed by atoms with Crippen LogP contribution in [-0.4, -0.2) is 45.1 Å². The number of hydrogen-bond acceptors (Lipinski definition) is 6. The molecule has 1 aromatic heterocycles. The number of nitrogens with zero attached hydrogens (tertiary/aromatic N) is 2. The molecule has 1 amide bonds. The van der Waals surface area contributed by atoms with Gasteiger partial charge in [-0.05, 0) is 72.4 Å². The van der Waals surface area contributed by atoms with E-state index in [9.17, 15) is 24.3 Å². The van der Waals surface area contributed by atoms with Crippen LogP contribution in [0, 0.1) is 12.7 Å². The maximum atomic E-state index is 15.2. The monoisotopic (exact) mass is 558 g/mol. The van der Waals surface area contributed by atoms with E-state index < -0.39 is 29.7 Å². The third-order valence-corrected chi connectivity index (χ3v) is 7.39. The Kier molecular flexibility index (Phi) is 7.27. The second-order valence-electron chi connectivity index (χ2n) is 10.1. The quantitative estimate of drug-likeness (QED) is 0.256. The molecule has 4 aromatic rings. The summed E-state index contributed by atoms with van der Waals surface area (Å²) in [4.78, 5) is 57.2. The van der Waals surface area contributed by atoms with Crippen molar-refractivity contribution in [3.63, 3.8) is 0 Å². The SMILES string of the molecule is Cc1nc2cc3c(cc2c(=O)[nH]1)C(N(C)c1ccc(C(=O)N[C@H](C(=O)O)c2ccc(CC(=O)O)cc2)c(F)c1)CC3. The number of carboxylic acid groups (broad SMARTS) is 2. The van der Waals surface area contributed by atoms with Crippen LogP contribution in [0.25, 0.3) is 10.9 Å². The molecule has 10 nitrogen and oxygen atoms in total. The normalized spacial score (nSPS) is 14.9. The van der Waals surface area contributed by atoms with Gasteiger partial charge in [0.2, 0.25) is 0 Å². The van der Waals surface area contributed by atoms with E-state index in [1.54, 1.807) is 13.0 Å². The number of carbonyl (C=O) groups is 3. The average Bonchev–Trinajstić information content (AvgIpc) is 3.33. The molecule has 2 atom stereocenters. The first-order valence-electron chi connectivity index (χ1n) is 12.9. The second-order valence-corrected chi connectivity index (χ2v) is 10.1. The smallest absolute Gasteiger partial charge is 0.330 e.